The van der Waals surface area contributed by atoms with Crippen LogP contribution in [0.4, 0.5) is 0 Å². The number of rotatable bonds is 5. The molecule has 1 rings (SSSR count). The SMILES string of the molecule is COC(CN)CCN1CCN(C(C)(C)C)CC1. The predicted molar refractivity (Wildman–Crippen MR) is 72.2 cm³/mol. The van der Waals surface area contributed by atoms with Crippen molar-refractivity contribution in [3.05, 3.63) is 0 Å². The lowest BCUT2D eigenvalue weighted by Gasteiger charge is -2.42. The van der Waals surface area contributed by atoms with E-state index >= 15 is 0 Å². The third kappa shape index (κ3) is 4.92. The van der Waals surface area contributed by atoms with Crippen molar-refractivity contribution in [3.8, 4) is 0 Å². The summed E-state index contributed by atoms with van der Waals surface area (Å²) in [6.07, 6.45) is 1.26. The molecule has 0 spiro atoms. The molecular weight excluding hydrogens is 214 g/mol. The summed E-state index contributed by atoms with van der Waals surface area (Å²) in [5.74, 6) is 0. The van der Waals surface area contributed by atoms with Crippen LogP contribution < -0.4 is 5.73 Å². The first-order valence-corrected chi connectivity index (χ1v) is 6.67. The second-order valence-corrected chi connectivity index (χ2v) is 5.88. The van der Waals surface area contributed by atoms with Gasteiger partial charge in [-0.05, 0) is 27.2 Å². The fourth-order valence-corrected chi connectivity index (χ4v) is 2.30. The van der Waals surface area contributed by atoms with E-state index < -0.39 is 0 Å². The zero-order valence-electron chi connectivity index (χ0n) is 11.9. The summed E-state index contributed by atoms with van der Waals surface area (Å²) in [5, 5.41) is 0. The van der Waals surface area contributed by atoms with Gasteiger partial charge in [-0.1, -0.05) is 0 Å². The highest BCUT2D eigenvalue weighted by molar-refractivity contribution is 4.82. The highest BCUT2D eigenvalue weighted by atomic mass is 16.5. The number of ether oxygens (including phenoxy) is 1. The van der Waals surface area contributed by atoms with Gasteiger partial charge in [-0.2, -0.15) is 0 Å². The largest absolute Gasteiger partial charge is 0.380 e. The van der Waals surface area contributed by atoms with Gasteiger partial charge in [-0.15, -0.1) is 0 Å². The summed E-state index contributed by atoms with van der Waals surface area (Å²) < 4.78 is 5.30. The van der Waals surface area contributed by atoms with E-state index in [1.807, 2.05) is 0 Å². The van der Waals surface area contributed by atoms with E-state index in [1.165, 1.54) is 13.1 Å². The van der Waals surface area contributed by atoms with E-state index in [2.05, 4.69) is 30.6 Å². The van der Waals surface area contributed by atoms with Crippen molar-refractivity contribution < 1.29 is 4.74 Å². The molecule has 1 fully saturated rings. The lowest BCUT2D eigenvalue weighted by molar-refractivity contribution is 0.0463. The van der Waals surface area contributed by atoms with Crippen molar-refractivity contribution >= 4 is 0 Å². The molecule has 17 heavy (non-hydrogen) atoms. The van der Waals surface area contributed by atoms with Gasteiger partial charge in [-0.25, -0.2) is 0 Å². The molecule has 1 unspecified atom stereocenters. The van der Waals surface area contributed by atoms with Crippen LogP contribution in [-0.4, -0.2) is 67.8 Å². The standard InChI is InChI=1S/C13H29N3O/c1-13(2,3)16-9-7-15(8-10-16)6-5-12(11-14)17-4/h12H,5-11,14H2,1-4H3. The molecule has 2 N–H and O–H groups in total. The molecule has 0 aromatic rings. The van der Waals surface area contributed by atoms with Gasteiger partial charge in [0, 0.05) is 51.9 Å². The first-order valence-electron chi connectivity index (χ1n) is 6.67. The Hall–Kier alpha value is -0.160. The van der Waals surface area contributed by atoms with E-state index in [1.54, 1.807) is 7.11 Å². The molecule has 1 aliphatic heterocycles. The van der Waals surface area contributed by atoms with Crippen LogP contribution in [0.5, 0.6) is 0 Å². The van der Waals surface area contributed by atoms with Crippen molar-refractivity contribution in [1.82, 2.24) is 9.80 Å². The molecule has 1 aliphatic rings. The van der Waals surface area contributed by atoms with Crippen molar-refractivity contribution in [2.24, 2.45) is 5.73 Å². The number of piperazine rings is 1. The fraction of sp³-hybridized carbons (Fsp3) is 1.00. The lowest BCUT2D eigenvalue weighted by Crippen LogP contribution is -2.53. The van der Waals surface area contributed by atoms with E-state index in [4.69, 9.17) is 10.5 Å². The van der Waals surface area contributed by atoms with Gasteiger partial charge in [0.05, 0.1) is 6.10 Å². The van der Waals surface area contributed by atoms with Gasteiger partial charge in [-0.3, -0.25) is 4.90 Å². The molecule has 0 aromatic heterocycles. The first kappa shape index (κ1) is 14.9. The zero-order chi connectivity index (χ0) is 12.9. The smallest absolute Gasteiger partial charge is 0.0705 e. The van der Waals surface area contributed by atoms with Crippen LogP contribution in [0.15, 0.2) is 0 Å². The third-order valence-corrected chi connectivity index (χ3v) is 3.68. The number of hydrogen-bond acceptors (Lipinski definition) is 4. The van der Waals surface area contributed by atoms with Crippen LogP contribution in [0.1, 0.15) is 27.2 Å². The van der Waals surface area contributed by atoms with Crippen LogP contribution >= 0.6 is 0 Å². The van der Waals surface area contributed by atoms with Crippen LogP contribution in [0.3, 0.4) is 0 Å². The predicted octanol–water partition coefficient (Wildman–Crippen LogP) is 0.766. The molecule has 102 valence electrons. The Morgan fingerprint density at radius 2 is 1.76 bits per heavy atom. The van der Waals surface area contributed by atoms with E-state index in [0.29, 0.717) is 12.1 Å². The maximum atomic E-state index is 5.63. The van der Waals surface area contributed by atoms with Gasteiger partial charge < -0.3 is 15.4 Å². The normalized spacial score (nSPS) is 21.7. The summed E-state index contributed by atoms with van der Waals surface area (Å²) in [6.45, 7) is 13.3. The summed E-state index contributed by atoms with van der Waals surface area (Å²) in [5.41, 5.74) is 5.93. The Morgan fingerprint density at radius 1 is 1.18 bits per heavy atom. The van der Waals surface area contributed by atoms with Gasteiger partial charge in [0.15, 0.2) is 0 Å². The van der Waals surface area contributed by atoms with Crippen molar-refractivity contribution in [1.29, 1.82) is 0 Å². The molecule has 1 heterocycles. The zero-order valence-corrected chi connectivity index (χ0v) is 11.9. The monoisotopic (exact) mass is 243 g/mol. The second-order valence-electron chi connectivity index (χ2n) is 5.88. The minimum absolute atomic E-state index is 0.218. The average molecular weight is 243 g/mol. The minimum atomic E-state index is 0.218. The van der Waals surface area contributed by atoms with E-state index in [-0.39, 0.29) is 6.10 Å². The molecule has 0 bridgehead atoms. The Labute approximate surface area is 106 Å². The Morgan fingerprint density at radius 3 is 2.18 bits per heavy atom. The van der Waals surface area contributed by atoms with Crippen LogP contribution in [0.2, 0.25) is 0 Å². The maximum absolute atomic E-state index is 5.63. The summed E-state index contributed by atoms with van der Waals surface area (Å²) in [6, 6.07) is 0. The van der Waals surface area contributed by atoms with Crippen molar-refractivity contribution in [3.63, 3.8) is 0 Å². The van der Waals surface area contributed by atoms with Gasteiger partial charge >= 0.3 is 0 Å². The molecule has 0 radical (unpaired) electrons. The number of methoxy groups -OCH3 is 1. The van der Waals surface area contributed by atoms with Gasteiger partial charge in [0.1, 0.15) is 0 Å². The lowest BCUT2D eigenvalue weighted by atomic mass is 10.0. The molecule has 1 saturated heterocycles. The van der Waals surface area contributed by atoms with Crippen LogP contribution in [0, 0.1) is 0 Å². The molecule has 4 heteroatoms. The third-order valence-electron chi connectivity index (χ3n) is 3.68. The summed E-state index contributed by atoms with van der Waals surface area (Å²) in [4.78, 5) is 5.07. The molecular formula is C13H29N3O. The van der Waals surface area contributed by atoms with Crippen molar-refractivity contribution in [2.45, 2.75) is 38.8 Å². The second kappa shape index (κ2) is 6.69. The van der Waals surface area contributed by atoms with E-state index in [9.17, 15) is 0 Å². The number of hydrogen-bond donors (Lipinski definition) is 1. The average Bonchev–Trinajstić information content (AvgIpc) is 2.30. The Balaban J connectivity index is 2.23. The van der Waals surface area contributed by atoms with Gasteiger partial charge in [0.25, 0.3) is 0 Å². The highest BCUT2D eigenvalue weighted by Gasteiger charge is 2.25. The fourth-order valence-electron chi connectivity index (χ4n) is 2.30. The number of nitrogens with zero attached hydrogens (tertiary/aromatic N) is 2. The van der Waals surface area contributed by atoms with E-state index in [0.717, 1.165) is 26.1 Å². The van der Waals surface area contributed by atoms with Crippen molar-refractivity contribution in [2.75, 3.05) is 46.4 Å². The molecule has 1 atom stereocenters. The maximum Gasteiger partial charge on any atom is 0.0705 e. The topological polar surface area (TPSA) is 41.7 Å². The minimum Gasteiger partial charge on any atom is -0.380 e. The summed E-state index contributed by atoms with van der Waals surface area (Å²) in [7, 11) is 1.75. The van der Waals surface area contributed by atoms with Gasteiger partial charge in [0.2, 0.25) is 0 Å². The molecule has 4 nitrogen and oxygen atoms in total. The Kier molecular flexibility index (Phi) is 5.86. The summed E-state index contributed by atoms with van der Waals surface area (Å²) >= 11 is 0. The molecule has 0 saturated carbocycles. The van der Waals surface area contributed by atoms with Crippen LogP contribution in [-0.2, 0) is 4.74 Å². The number of nitrogens with two attached hydrogens (primary N) is 1. The Bertz CT molecular complexity index is 203. The molecule has 0 amide bonds. The first-order chi connectivity index (χ1) is 7.97. The molecule has 0 aromatic carbocycles. The quantitative estimate of drug-likeness (QED) is 0.774. The highest BCUT2D eigenvalue weighted by Crippen LogP contribution is 2.15. The molecule has 0 aliphatic carbocycles. The van der Waals surface area contributed by atoms with Crippen LogP contribution in [0.25, 0.3) is 0 Å².